The van der Waals surface area contributed by atoms with Gasteiger partial charge in [0, 0.05) is 41.5 Å². The van der Waals surface area contributed by atoms with Crippen molar-refractivity contribution < 1.29 is 14.7 Å². The smallest absolute Gasteiger partial charge is 0.258 e. The summed E-state index contributed by atoms with van der Waals surface area (Å²) < 4.78 is 1.94. The van der Waals surface area contributed by atoms with Gasteiger partial charge >= 0.3 is 0 Å². The van der Waals surface area contributed by atoms with Crippen LogP contribution in [0.3, 0.4) is 0 Å². The molecule has 0 bridgehead atoms. The van der Waals surface area contributed by atoms with Crippen molar-refractivity contribution in [3.8, 4) is 0 Å². The molecule has 2 amide bonds. The van der Waals surface area contributed by atoms with Crippen molar-refractivity contribution in [2.75, 3.05) is 16.4 Å². The van der Waals surface area contributed by atoms with E-state index in [9.17, 15) is 14.7 Å². The van der Waals surface area contributed by atoms with Gasteiger partial charge in [0.2, 0.25) is 5.91 Å². The number of aryl methyl sites for hydroxylation is 1. The lowest BCUT2D eigenvalue weighted by Crippen LogP contribution is -2.47. The van der Waals surface area contributed by atoms with Crippen molar-refractivity contribution in [1.82, 2.24) is 9.55 Å². The van der Waals surface area contributed by atoms with E-state index in [0.717, 1.165) is 33.8 Å². The number of aliphatic hydroxyl groups excluding tert-OH is 1. The fourth-order valence-corrected chi connectivity index (χ4v) is 5.55. The van der Waals surface area contributed by atoms with E-state index in [1.807, 2.05) is 77.9 Å². The zero-order chi connectivity index (χ0) is 26.3. The maximum atomic E-state index is 13.9. The van der Waals surface area contributed by atoms with Gasteiger partial charge in [0.25, 0.3) is 5.91 Å². The summed E-state index contributed by atoms with van der Waals surface area (Å²) >= 11 is 6.10. The average Bonchev–Trinajstić information content (AvgIpc) is 3.19. The molecule has 7 nitrogen and oxygen atoms in total. The van der Waals surface area contributed by atoms with Gasteiger partial charge in [0.1, 0.15) is 5.82 Å². The van der Waals surface area contributed by atoms with Crippen molar-refractivity contribution in [2.24, 2.45) is 0 Å². The van der Waals surface area contributed by atoms with Crippen LogP contribution in [0.4, 0.5) is 11.4 Å². The normalized spacial score (nSPS) is 17.1. The molecule has 0 saturated heterocycles. The molecule has 3 aromatic carbocycles. The van der Waals surface area contributed by atoms with Crippen LogP contribution in [0.15, 0.2) is 66.7 Å². The maximum absolute atomic E-state index is 13.9. The molecule has 0 fully saturated rings. The van der Waals surface area contributed by atoms with Crippen LogP contribution < -0.4 is 9.80 Å². The van der Waals surface area contributed by atoms with Gasteiger partial charge in [-0.2, -0.15) is 0 Å². The van der Waals surface area contributed by atoms with Crippen LogP contribution in [-0.4, -0.2) is 39.1 Å². The number of fused-ring (bicyclic) bond motifs is 2. The zero-order valence-electron chi connectivity index (χ0n) is 21.1. The number of imidazole rings is 1. The number of rotatable bonds is 5. The third-order valence-electron chi connectivity index (χ3n) is 7.04. The molecule has 37 heavy (non-hydrogen) atoms. The predicted molar refractivity (Wildman–Crippen MR) is 146 cm³/mol. The number of aromatic nitrogens is 2. The molecule has 0 radical (unpaired) electrons. The van der Waals surface area contributed by atoms with Gasteiger partial charge in [-0.1, -0.05) is 29.8 Å². The number of carbonyl (C=O) groups excluding carboxylic acids is 2. The van der Waals surface area contributed by atoms with Crippen molar-refractivity contribution in [1.29, 1.82) is 0 Å². The van der Waals surface area contributed by atoms with Crippen molar-refractivity contribution >= 4 is 45.8 Å². The van der Waals surface area contributed by atoms with Crippen molar-refractivity contribution in [3.05, 3.63) is 88.7 Å². The van der Waals surface area contributed by atoms with E-state index < -0.39 is 0 Å². The van der Waals surface area contributed by atoms with Crippen LogP contribution in [0, 0.1) is 6.92 Å². The molecular formula is C29H29ClN4O3. The summed E-state index contributed by atoms with van der Waals surface area (Å²) in [4.78, 5) is 35.0. The summed E-state index contributed by atoms with van der Waals surface area (Å²) in [5, 5.41) is 10.0. The number of halogens is 1. The first-order valence-electron chi connectivity index (χ1n) is 12.4. The highest BCUT2D eigenvalue weighted by atomic mass is 35.5. The topological polar surface area (TPSA) is 78.7 Å². The molecule has 1 aromatic heterocycles. The quantitative estimate of drug-likeness (QED) is 0.378. The predicted octanol–water partition coefficient (Wildman–Crippen LogP) is 5.52. The first kappa shape index (κ1) is 25.0. The summed E-state index contributed by atoms with van der Waals surface area (Å²) in [7, 11) is 0. The first-order valence-corrected chi connectivity index (χ1v) is 12.7. The number of para-hydroxylation sites is 1. The highest BCUT2D eigenvalue weighted by Crippen LogP contribution is 2.43. The van der Waals surface area contributed by atoms with Gasteiger partial charge in [-0.05, 0) is 74.4 Å². The monoisotopic (exact) mass is 516 g/mol. The third kappa shape index (κ3) is 4.49. The zero-order valence-corrected chi connectivity index (χ0v) is 21.8. The van der Waals surface area contributed by atoms with Crippen LogP contribution >= 0.6 is 11.6 Å². The Balaban J connectivity index is 1.54. The third-order valence-corrected chi connectivity index (χ3v) is 7.30. The van der Waals surface area contributed by atoms with Gasteiger partial charge in [0.05, 0.1) is 23.7 Å². The van der Waals surface area contributed by atoms with E-state index in [0.29, 0.717) is 23.6 Å². The van der Waals surface area contributed by atoms with E-state index in [1.54, 1.807) is 24.0 Å². The Morgan fingerprint density at radius 1 is 1.11 bits per heavy atom. The Hall–Kier alpha value is -3.68. The van der Waals surface area contributed by atoms with Gasteiger partial charge < -0.3 is 19.5 Å². The number of benzene rings is 3. The van der Waals surface area contributed by atoms with Crippen LogP contribution in [0.5, 0.6) is 0 Å². The number of hydrogen-bond acceptors (Lipinski definition) is 4. The minimum atomic E-state index is -0.228. The van der Waals surface area contributed by atoms with E-state index in [4.69, 9.17) is 11.6 Å². The SMILES string of the molecule is CC(=O)N(c1ccc(Cl)cc1)C1CC(C)N(C(=O)c2ccc3c(c2)nc(C)n3CCO)c2ccccc21. The molecule has 0 saturated carbocycles. The second-order valence-corrected chi connectivity index (χ2v) is 9.87. The van der Waals surface area contributed by atoms with Crippen molar-refractivity contribution in [3.63, 3.8) is 0 Å². The Labute approximate surface area is 220 Å². The van der Waals surface area contributed by atoms with Crippen molar-refractivity contribution in [2.45, 2.75) is 45.8 Å². The minimum absolute atomic E-state index is 0.0174. The number of amides is 2. The molecule has 190 valence electrons. The Morgan fingerprint density at radius 3 is 2.54 bits per heavy atom. The number of anilines is 2. The van der Waals surface area contributed by atoms with Crippen LogP contribution in [-0.2, 0) is 11.3 Å². The second-order valence-electron chi connectivity index (χ2n) is 9.44. The molecule has 2 unspecified atom stereocenters. The largest absolute Gasteiger partial charge is 0.395 e. The highest BCUT2D eigenvalue weighted by Gasteiger charge is 2.38. The summed E-state index contributed by atoms with van der Waals surface area (Å²) in [6.45, 7) is 5.94. The fourth-order valence-electron chi connectivity index (χ4n) is 5.42. The summed E-state index contributed by atoms with van der Waals surface area (Å²) in [6, 6.07) is 20.2. The molecule has 4 aromatic rings. The lowest BCUT2D eigenvalue weighted by atomic mass is 9.89. The van der Waals surface area contributed by atoms with E-state index in [2.05, 4.69) is 4.98 Å². The molecule has 0 aliphatic carbocycles. The average molecular weight is 517 g/mol. The molecule has 5 rings (SSSR count). The highest BCUT2D eigenvalue weighted by molar-refractivity contribution is 6.30. The molecule has 1 aliphatic rings. The van der Waals surface area contributed by atoms with Gasteiger partial charge in [-0.3, -0.25) is 9.59 Å². The minimum Gasteiger partial charge on any atom is -0.395 e. The van der Waals surface area contributed by atoms with Gasteiger partial charge in [0.15, 0.2) is 0 Å². The molecule has 8 heteroatoms. The standard InChI is InChI=1S/C29H29ClN4O3/c1-18-16-28(34(20(3)36)23-11-9-22(30)10-12-23)24-6-4-5-7-26(24)33(18)29(37)21-8-13-27-25(17-21)31-19(2)32(27)14-15-35/h4-13,17-18,28,35H,14-16H2,1-3H3. The fraction of sp³-hybridized carbons (Fsp3) is 0.276. The summed E-state index contributed by atoms with van der Waals surface area (Å²) in [6.07, 6.45) is 0.581. The molecule has 1 N–H and O–H groups in total. The Kier molecular flexibility index (Phi) is 6.75. The van der Waals surface area contributed by atoms with Crippen LogP contribution in [0.25, 0.3) is 11.0 Å². The molecular weight excluding hydrogens is 488 g/mol. The second kappa shape index (κ2) is 10.00. The molecule has 1 aliphatic heterocycles. The lowest BCUT2D eigenvalue weighted by molar-refractivity contribution is -0.117. The summed E-state index contributed by atoms with van der Waals surface area (Å²) in [5.74, 6) is 0.601. The molecule has 2 heterocycles. The number of nitrogens with zero attached hydrogens (tertiary/aromatic N) is 4. The van der Waals surface area contributed by atoms with E-state index >= 15 is 0 Å². The Bertz CT molecular complexity index is 1480. The molecule has 0 spiro atoms. The van der Waals surface area contributed by atoms with Crippen LogP contribution in [0.1, 0.15) is 48.1 Å². The summed E-state index contributed by atoms with van der Waals surface area (Å²) in [5.41, 5.74) is 4.63. The molecule has 2 atom stereocenters. The maximum Gasteiger partial charge on any atom is 0.258 e. The van der Waals surface area contributed by atoms with Gasteiger partial charge in [-0.15, -0.1) is 0 Å². The first-order chi connectivity index (χ1) is 17.8. The number of carbonyl (C=O) groups is 2. The van der Waals surface area contributed by atoms with Crippen LogP contribution in [0.2, 0.25) is 5.02 Å². The van der Waals surface area contributed by atoms with E-state index in [1.165, 1.54) is 0 Å². The van der Waals surface area contributed by atoms with E-state index in [-0.39, 0.29) is 30.5 Å². The lowest BCUT2D eigenvalue weighted by Gasteiger charge is -2.43. The Morgan fingerprint density at radius 2 is 1.84 bits per heavy atom. The van der Waals surface area contributed by atoms with Gasteiger partial charge in [-0.25, -0.2) is 4.98 Å². The number of aliphatic hydroxyl groups is 1. The number of hydrogen-bond donors (Lipinski definition) is 1.